The Balaban J connectivity index is 0.00000128. The smallest absolute Gasteiger partial charge is 0.114 e. The van der Waals surface area contributed by atoms with Crippen molar-refractivity contribution in [1.29, 1.82) is 0 Å². The van der Waals surface area contributed by atoms with Crippen LogP contribution in [-0.4, -0.2) is 11.4 Å². The monoisotopic (exact) mass is 297 g/mol. The number of benzene rings is 1. The molecule has 0 fully saturated rings. The molecule has 0 atom stereocenters. The van der Waals surface area contributed by atoms with Crippen molar-refractivity contribution in [2.45, 2.75) is 5.03 Å². The minimum absolute atomic E-state index is 0. The molecule has 0 N–H and O–H groups in total. The number of hydrogen-bond acceptors (Lipinski definition) is 2. The van der Waals surface area contributed by atoms with E-state index in [2.05, 4.69) is 35.6 Å². The van der Waals surface area contributed by atoms with Crippen molar-refractivity contribution in [2.24, 2.45) is 7.05 Å². The van der Waals surface area contributed by atoms with Crippen molar-refractivity contribution in [2.75, 3.05) is 6.26 Å². The number of aromatic nitrogens is 2. The maximum Gasteiger partial charge on any atom is 0.265 e. The summed E-state index contributed by atoms with van der Waals surface area (Å²) in [6, 6.07) is 14.4. The number of rotatable bonds is 2. The summed E-state index contributed by atoms with van der Waals surface area (Å²) in [5.74, 6) is 0. The molecule has 0 aliphatic rings. The molecule has 0 saturated heterocycles. The summed E-state index contributed by atoms with van der Waals surface area (Å²) in [6.07, 6.45) is 2.05. The molecule has 2 nitrogen and oxygen atoms in total. The van der Waals surface area contributed by atoms with Crippen LogP contribution in [0.5, 0.6) is 0 Å². The summed E-state index contributed by atoms with van der Waals surface area (Å²) in [5, 5.41) is 5.67. The highest BCUT2D eigenvalue weighted by Gasteiger charge is 2.09. The van der Waals surface area contributed by atoms with Gasteiger partial charge in [-0.15, -0.1) is 17.0 Å². The molecular formula is C12H14BrN2S+. The van der Waals surface area contributed by atoms with Crippen LogP contribution < -0.4 is 4.68 Å². The summed E-state index contributed by atoms with van der Waals surface area (Å²) in [4.78, 5) is 0. The lowest BCUT2D eigenvalue weighted by atomic mass is 10.1. The molecule has 16 heavy (non-hydrogen) atoms. The van der Waals surface area contributed by atoms with E-state index < -0.39 is 0 Å². The van der Waals surface area contributed by atoms with Crippen LogP contribution in [0.25, 0.3) is 11.3 Å². The fraction of sp³-hybridized carbons (Fsp3) is 0.167. The molecule has 84 valence electrons. The van der Waals surface area contributed by atoms with Crippen LogP contribution in [0.4, 0.5) is 0 Å². The van der Waals surface area contributed by atoms with E-state index >= 15 is 0 Å². The third-order valence-electron chi connectivity index (χ3n) is 2.24. The zero-order valence-corrected chi connectivity index (χ0v) is 11.8. The number of halogens is 1. The van der Waals surface area contributed by atoms with Crippen LogP contribution in [0.1, 0.15) is 0 Å². The van der Waals surface area contributed by atoms with Gasteiger partial charge in [-0.2, -0.15) is 0 Å². The van der Waals surface area contributed by atoms with Gasteiger partial charge in [0.05, 0.1) is 0 Å². The highest BCUT2D eigenvalue weighted by Crippen LogP contribution is 2.16. The van der Waals surface area contributed by atoms with Crippen LogP contribution in [0.2, 0.25) is 0 Å². The van der Waals surface area contributed by atoms with E-state index in [9.17, 15) is 0 Å². The summed E-state index contributed by atoms with van der Waals surface area (Å²) >= 11 is 1.70. The number of aryl methyl sites for hydroxylation is 1. The second-order valence-electron chi connectivity index (χ2n) is 3.25. The van der Waals surface area contributed by atoms with E-state index in [0.29, 0.717) is 0 Å². The average molecular weight is 298 g/mol. The number of hydrogen-bond donors (Lipinski definition) is 0. The molecule has 0 aliphatic heterocycles. The molecule has 0 aliphatic carbocycles. The first-order chi connectivity index (χ1) is 7.31. The Morgan fingerprint density at radius 2 is 1.75 bits per heavy atom. The van der Waals surface area contributed by atoms with Gasteiger partial charge in [-0.25, -0.2) is 0 Å². The Morgan fingerprint density at radius 3 is 2.31 bits per heavy atom. The van der Waals surface area contributed by atoms with Gasteiger partial charge in [0.15, 0.2) is 7.05 Å². The molecule has 0 radical (unpaired) electrons. The van der Waals surface area contributed by atoms with Crippen LogP contribution >= 0.6 is 28.7 Å². The predicted octanol–water partition coefficient (Wildman–Crippen LogP) is 2.87. The minimum Gasteiger partial charge on any atom is -0.114 e. The molecule has 0 unspecified atom stereocenters. The summed E-state index contributed by atoms with van der Waals surface area (Å²) in [5.41, 5.74) is 2.16. The Morgan fingerprint density at radius 1 is 1.06 bits per heavy atom. The SMILES string of the molecule is Br.CSc1ccc(-c2ccccc2)n[n+]1C. The Kier molecular flexibility index (Phi) is 4.96. The van der Waals surface area contributed by atoms with Crippen molar-refractivity contribution in [3.05, 3.63) is 42.5 Å². The van der Waals surface area contributed by atoms with Gasteiger partial charge in [0.2, 0.25) is 0 Å². The molecule has 2 aromatic rings. The van der Waals surface area contributed by atoms with Crippen molar-refractivity contribution >= 4 is 28.7 Å². The van der Waals surface area contributed by atoms with Gasteiger partial charge in [0.25, 0.3) is 5.03 Å². The minimum atomic E-state index is 0. The van der Waals surface area contributed by atoms with E-state index in [1.165, 1.54) is 0 Å². The molecule has 0 bridgehead atoms. The van der Waals surface area contributed by atoms with Crippen LogP contribution in [-0.2, 0) is 7.05 Å². The van der Waals surface area contributed by atoms with Crippen LogP contribution in [0, 0.1) is 0 Å². The predicted molar refractivity (Wildman–Crippen MR) is 73.0 cm³/mol. The zero-order chi connectivity index (χ0) is 10.7. The van der Waals surface area contributed by atoms with Gasteiger partial charge >= 0.3 is 0 Å². The quantitative estimate of drug-likeness (QED) is 0.626. The largest absolute Gasteiger partial charge is 0.265 e. The fourth-order valence-corrected chi connectivity index (χ4v) is 1.97. The molecular weight excluding hydrogens is 284 g/mol. The highest BCUT2D eigenvalue weighted by molar-refractivity contribution is 8.93. The van der Waals surface area contributed by atoms with E-state index in [-0.39, 0.29) is 17.0 Å². The first kappa shape index (κ1) is 13.2. The standard InChI is InChI=1S/C12H13N2S.BrH/c1-14-12(15-2)9-8-11(13-14)10-6-4-3-5-7-10;/h3-9H,1-2H3;1H/q+1;. The van der Waals surface area contributed by atoms with Gasteiger partial charge in [0, 0.05) is 16.7 Å². The molecule has 2 rings (SSSR count). The van der Waals surface area contributed by atoms with E-state index in [0.717, 1.165) is 16.3 Å². The maximum atomic E-state index is 4.51. The van der Waals surface area contributed by atoms with E-state index in [1.54, 1.807) is 11.8 Å². The molecule has 0 spiro atoms. The van der Waals surface area contributed by atoms with Gasteiger partial charge in [-0.1, -0.05) is 46.8 Å². The summed E-state index contributed by atoms with van der Waals surface area (Å²) in [6.45, 7) is 0. The normalized spacial score (nSPS) is 9.62. The topological polar surface area (TPSA) is 16.8 Å². The van der Waals surface area contributed by atoms with Gasteiger partial charge in [-0.3, -0.25) is 0 Å². The first-order valence-electron chi connectivity index (χ1n) is 4.78. The lowest BCUT2D eigenvalue weighted by Gasteiger charge is -1.99. The average Bonchev–Trinajstić information content (AvgIpc) is 2.30. The Hall–Kier alpha value is -0.870. The second-order valence-corrected chi connectivity index (χ2v) is 4.08. The van der Waals surface area contributed by atoms with Crippen molar-refractivity contribution in [3.8, 4) is 11.3 Å². The summed E-state index contributed by atoms with van der Waals surface area (Å²) in [7, 11) is 1.97. The maximum absolute atomic E-state index is 4.51. The van der Waals surface area contributed by atoms with Crippen LogP contribution in [0.15, 0.2) is 47.5 Å². The molecule has 4 heteroatoms. The zero-order valence-electron chi connectivity index (χ0n) is 9.25. The lowest BCUT2D eigenvalue weighted by molar-refractivity contribution is -0.764. The molecule has 1 aromatic carbocycles. The molecule has 1 heterocycles. The van der Waals surface area contributed by atoms with E-state index in [1.807, 2.05) is 29.9 Å². The number of thioether (sulfide) groups is 1. The van der Waals surface area contributed by atoms with Gasteiger partial charge in [-0.05, 0) is 12.3 Å². The Labute approximate surface area is 110 Å². The fourth-order valence-electron chi connectivity index (χ4n) is 1.47. The van der Waals surface area contributed by atoms with E-state index in [4.69, 9.17) is 0 Å². The first-order valence-corrected chi connectivity index (χ1v) is 6.00. The lowest BCUT2D eigenvalue weighted by Crippen LogP contribution is -2.35. The third-order valence-corrected chi connectivity index (χ3v) is 3.06. The highest BCUT2D eigenvalue weighted by atomic mass is 79.9. The Bertz CT molecular complexity index is 460. The van der Waals surface area contributed by atoms with Crippen molar-refractivity contribution < 1.29 is 4.68 Å². The van der Waals surface area contributed by atoms with Gasteiger partial charge < -0.3 is 0 Å². The van der Waals surface area contributed by atoms with Crippen LogP contribution in [0.3, 0.4) is 0 Å². The van der Waals surface area contributed by atoms with Crippen molar-refractivity contribution in [3.63, 3.8) is 0 Å². The van der Waals surface area contributed by atoms with Gasteiger partial charge in [0.1, 0.15) is 5.69 Å². The molecule has 0 amide bonds. The molecule has 1 aromatic heterocycles. The number of nitrogens with zero attached hydrogens (tertiary/aromatic N) is 2. The summed E-state index contributed by atoms with van der Waals surface area (Å²) < 4.78 is 1.91. The van der Waals surface area contributed by atoms with Crippen molar-refractivity contribution in [1.82, 2.24) is 5.10 Å². The second kappa shape index (κ2) is 6.01. The molecule has 0 saturated carbocycles. The third kappa shape index (κ3) is 2.83.